The standard InChI is InChI=1S/C32H25F3N4O3/c1-42-19-27(20-6-3-2-4-7-20)38-30(40)23-11-15-26-22(18-23)12-16-28(37-26)39-31(41)25-8-5-17-36-29(25)21-9-13-24(14-10-21)32(33,34)35/h2-18,27H,19H2,1H3,(H,38,40)(H,37,39,41)/t27-/m1/s1. The summed E-state index contributed by atoms with van der Waals surface area (Å²) in [7, 11) is 1.57. The number of carbonyl (C=O) groups excluding carboxylic acids is 2. The van der Waals surface area contributed by atoms with Gasteiger partial charge in [0.2, 0.25) is 0 Å². The van der Waals surface area contributed by atoms with Crippen LogP contribution in [0.2, 0.25) is 0 Å². The third-order valence-corrected chi connectivity index (χ3v) is 6.57. The van der Waals surface area contributed by atoms with Gasteiger partial charge in [0.05, 0.1) is 35.0 Å². The van der Waals surface area contributed by atoms with Crippen molar-refractivity contribution in [3.63, 3.8) is 0 Å². The first kappa shape index (κ1) is 28.4. The smallest absolute Gasteiger partial charge is 0.382 e. The Bertz CT molecular complexity index is 1730. The highest BCUT2D eigenvalue weighted by Crippen LogP contribution is 2.31. The molecule has 0 unspecified atom stereocenters. The van der Waals surface area contributed by atoms with E-state index in [0.29, 0.717) is 28.6 Å². The van der Waals surface area contributed by atoms with Crippen LogP contribution in [-0.2, 0) is 10.9 Å². The van der Waals surface area contributed by atoms with E-state index in [0.717, 1.165) is 17.7 Å². The summed E-state index contributed by atoms with van der Waals surface area (Å²) < 4.78 is 44.2. The number of ether oxygens (including phenoxy) is 1. The third-order valence-electron chi connectivity index (χ3n) is 6.57. The first-order valence-electron chi connectivity index (χ1n) is 12.9. The number of anilines is 1. The zero-order chi connectivity index (χ0) is 29.7. The number of halogens is 3. The molecule has 0 aliphatic rings. The molecular weight excluding hydrogens is 545 g/mol. The Balaban J connectivity index is 1.32. The van der Waals surface area contributed by atoms with Crippen molar-refractivity contribution in [2.45, 2.75) is 12.2 Å². The largest absolute Gasteiger partial charge is 0.416 e. The maximum absolute atomic E-state index is 13.2. The molecular formula is C32H25F3N4O3. The Morgan fingerprint density at radius 1 is 0.881 bits per heavy atom. The SMILES string of the molecule is COC[C@@H](NC(=O)c1ccc2nc(NC(=O)c3cccnc3-c3ccc(C(F)(F)F)cc3)ccc2c1)c1ccccc1. The molecule has 42 heavy (non-hydrogen) atoms. The maximum atomic E-state index is 13.2. The summed E-state index contributed by atoms with van der Waals surface area (Å²) in [6, 6.07) is 25.1. The molecule has 5 rings (SSSR count). The number of nitrogens with zero attached hydrogens (tertiary/aromatic N) is 2. The summed E-state index contributed by atoms with van der Waals surface area (Å²) in [6.07, 6.45) is -3.01. The number of carbonyl (C=O) groups is 2. The quantitative estimate of drug-likeness (QED) is 0.217. The molecule has 1 atom stereocenters. The van der Waals surface area contributed by atoms with E-state index in [9.17, 15) is 22.8 Å². The number of benzene rings is 3. The average molecular weight is 571 g/mol. The minimum atomic E-state index is -4.47. The van der Waals surface area contributed by atoms with Gasteiger partial charge in [-0.3, -0.25) is 14.6 Å². The number of pyridine rings is 2. The van der Waals surface area contributed by atoms with E-state index in [1.165, 1.54) is 24.4 Å². The number of fused-ring (bicyclic) bond motifs is 1. The minimum Gasteiger partial charge on any atom is -0.382 e. The molecule has 5 aromatic rings. The predicted molar refractivity (Wildman–Crippen MR) is 153 cm³/mol. The number of rotatable bonds is 8. The van der Waals surface area contributed by atoms with Gasteiger partial charge >= 0.3 is 6.18 Å². The van der Waals surface area contributed by atoms with E-state index in [4.69, 9.17) is 4.74 Å². The second kappa shape index (κ2) is 12.2. The lowest BCUT2D eigenvalue weighted by Gasteiger charge is -2.18. The van der Waals surface area contributed by atoms with Crippen molar-refractivity contribution in [1.29, 1.82) is 0 Å². The summed E-state index contributed by atoms with van der Waals surface area (Å²) >= 11 is 0. The molecule has 7 nitrogen and oxygen atoms in total. The molecule has 2 amide bonds. The number of amides is 2. The molecule has 3 aromatic carbocycles. The fraction of sp³-hybridized carbons (Fsp3) is 0.125. The zero-order valence-electron chi connectivity index (χ0n) is 22.4. The van der Waals surface area contributed by atoms with E-state index < -0.39 is 17.6 Å². The van der Waals surface area contributed by atoms with Crippen LogP contribution in [0.4, 0.5) is 19.0 Å². The van der Waals surface area contributed by atoms with Gasteiger partial charge in [-0.25, -0.2) is 4.98 Å². The third kappa shape index (κ3) is 6.45. The second-order valence-corrected chi connectivity index (χ2v) is 9.42. The molecule has 0 saturated carbocycles. The van der Waals surface area contributed by atoms with Crippen molar-refractivity contribution in [3.8, 4) is 11.3 Å². The molecule has 0 fully saturated rings. The highest BCUT2D eigenvalue weighted by molar-refractivity contribution is 6.08. The van der Waals surface area contributed by atoms with Crippen LogP contribution in [-0.4, -0.2) is 35.5 Å². The van der Waals surface area contributed by atoms with E-state index >= 15 is 0 Å². The summed E-state index contributed by atoms with van der Waals surface area (Å²) in [5.41, 5.74) is 1.90. The number of alkyl halides is 3. The van der Waals surface area contributed by atoms with Gasteiger partial charge in [0, 0.05) is 29.8 Å². The molecule has 2 N–H and O–H groups in total. The minimum absolute atomic E-state index is 0.176. The number of hydrogen-bond acceptors (Lipinski definition) is 5. The number of nitrogens with one attached hydrogen (secondary N) is 2. The Morgan fingerprint density at radius 3 is 2.36 bits per heavy atom. The molecule has 0 radical (unpaired) electrons. The van der Waals surface area contributed by atoms with Crippen LogP contribution in [0.1, 0.15) is 37.9 Å². The summed E-state index contributed by atoms with van der Waals surface area (Å²) in [5, 5.41) is 6.42. The lowest BCUT2D eigenvalue weighted by Crippen LogP contribution is -2.31. The molecule has 0 saturated heterocycles. The average Bonchev–Trinajstić information content (AvgIpc) is 3.00. The van der Waals surface area contributed by atoms with Crippen LogP contribution >= 0.6 is 0 Å². The van der Waals surface area contributed by atoms with E-state index in [1.807, 2.05) is 30.3 Å². The van der Waals surface area contributed by atoms with Crippen molar-refractivity contribution in [1.82, 2.24) is 15.3 Å². The van der Waals surface area contributed by atoms with Crippen molar-refractivity contribution >= 4 is 28.5 Å². The number of hydrogen-bond donors (Lipinski definition) is 2. The van der Waals surface area contributed by atoms with Crippen LogP contribution in [0.3, 0.4) is 0 Å². The Labute approximate surface area is 239 Å². The van der Waals surface area contributed by atoms with Crippen molar-refractivity contribution in [2.75, 3.05) is 19.0 Å². The number of methoxy groups -OCH3 is 1. The maximum Gasteiger partial charge on any atom is 0.416 e. The van der Waals surface area contributed by atoms with Gasteiger partial charge in [0.1, 0.15) is 5.82 Å². The van der Waals surface area contributed by atoms with Crippen LogP contribution < -0.4 is 10.6 Å². The first-order chi connectivity index (χ1) is 20.2. The van der Waals surface area contributed by atoms with Crippen LogP contribution in [0.25, 0.3) is 22.2 Å². The van der Waals surface area contributed by atoms with Crippen molar-refractivity contribution < 1.29 is 27.5 Å². The van der Waals surface area contributed by atoms with Gasteiger partial charge in [-0.1, -0.05) is 42.5 Å². The number of aromatic nitrogens is 2. The van der Waals surface area contributed by atoms with E-state index in [2.05, 4.69) is 20.6 Å². The highest BCUT2D eigenvalue weighted by Gasteiger charge is 2.30. The predicted octanol–water partition coefficient (Wildman–Crippen LogP) is 6.69. The van der Waals surface area contributed by atoms with Gasteiger partial charge in [-0.2, -0.15) is 13.2 Å². The summed E-state index contributed by atoms with van der Waals surface area (Å²) in [6.45, 7) is 0.311. The summed E-state index contributed by atoms with van der Waals surface area (Å²) in [4.78, 5) is 34.9. The van der Waals surface area contributed by atoms with Crippen molar-refractivity contribution in [2.24, 2.45) is 0 Å². The Morgan fingerprint density at radius 2 is 1.64 bits per heavy atom. The Hall–Kier alpha value is -5.09. The molecule has 0 spiro atoms. The molecule has 2 heterocycles. The van der Waals surface area contributed by atoms with Gasteiger partial charge in [-0.15, -0.1) is 0 Å². The fourth-order valence-corrected chi connectivity index (χ4v) is 4.47. The van der Waals surface area contributed by atoms with Gasteiger partial charge < -0.3 is 15.4 Å². The molecule has 0 aliphatic carbocycles. The first-order valence-corrected chi connectivity index (χ1v) is 12.9. The second-order valence-electron chi connectivity index (χ2n) is 9.42. The van der Waals surface area contributed by atoms with Crippen LogP contribution in [0, 0.1) is 0 Å². The Kier molecular flexibility index (Phi) is 8.26. The molecule has 212 valence electrons. The lowest BCUT2D eigenvalue weighted by atomic mass is 10.0. The zero-order valence-corrected chi connectivity index (χ0v) is 22.4. The normalized spacial score (nSPS) is 12.1. The van der Waals surface area contributed by atoms with Crippen LogP contribution in [0.5, 0.6) is 0 Å². The van der Waals surface area contributed by atoms with Crippen LogP contribution in [0.15, 0.2) is 103 Å². The van der Waals surface area contributed by atoms with E-state index in [-0.39, 0.29) is 29.0 Å². The molecule has 2 aromatic heterocycles. The molecule has 10 heteroatoms. The van der Waals surface area contributed by atoms with Gasteiger partial charge in [-0.05, 0) is 60.2 Å². The molecule has 0 aliphatic heterocycles. The topological polar surface area (TPSA) is 93.2 Å². The summed E-state index contributed by atoms with van der Waals surface area (Å²) in [5.74, 6) is -0.533. The highest BCUT2D eigenvalue weighted by atomic mass is 19.4. The monoisotopic (exact) mass is 570 g/mol. The van der Waals surface area contributed by atoms with Gasteiger partial charge in [0.15, 0.2) is 0 Å². The fourth-order valence-electron chi connectivity index (χ4n) is 4.47. The van der Waals surface area contributed by atoms with Gasteiger partial charge in [0.25, 0.3) is 11.8 Å². The molecule has 0 bridgehead atoms. The lowest BCUT2D eigenvalue weighted by molar-refractivity contribution is -0.137. The van der Waals surface area contributed by atoms with E-state index in [1.54, 1.807) is 43.5 Å². The van der Waals surface area contributed by atoms with Crippen molar-refractivity contribution in [3.05, 3.63) is 126 Å².